The molecule has 0 bridgehead atoms. The number of hydrogen-bond donors (Lipinski definition) is 1. The van der Waals surface area contributed by atoms with Crippen molar-refractivity contribution in [1.29, 1.82) is 0 Å². The van der Waals surface area contributed by atoms with Crippen LogP contribution in [0.4, 0.5) is 0 Å². The maximum Gasteiger partial charge on any atom is 0.258 e. The van der Waals surface area contributed by atoms with E-state index in [2.05, 4.69) is 4.98 Å². The van der Waals surface area contributed by atoms with Crippen molar-refractivity contribution < 1.29 is 14.3 Å². The van der Waals surface area contributed by atoms with Crippen molar-refractivity contribution in [1.82, 2.24) is 9.88 Å². The Labute approximate surface area is 127 Å². The maximum atomic E-state index is 12.7. The van der Waals surface area contributed by atoms with Gasteiger partial charge in [-0.1, -0.05) is 24.3 Å². The molecule has 1 amide bonds. The van der Waals surface area contributed by atoms with Gasteiger partial charge in [0.25, 0.3) is 5.91 Å². The second-order valence-electron chi connectivity index (χ2n) is 4.96. The fourth-order valence-electron chi connectivity index (χ4n) is 2.40. The lowest BCUT2D eigenvalue weighted by molar-refractivity contribution is 0.0708. The minimum absolute atomic E-state index is 0.0955. The fourth-order valence-corrected chi connectivity index (χ4v) is 2.40. The van der Waals surface area contributed by atoms with E-state index in [1.54, 1.807) is 17.3 Å². The molecule has 2 heterocycles. The van der Waals surface area contributed by atoms with Crippen LogP contribution >= 0.6 is 0 Å². The summed E-state index contributed by atoms with van der Waals surface area (Å²) in [6, 6.07) is 11.1. The van der Waals surface area contributed by atoms with Crippen molar-refractivity contribution in [3.8, 4) is 0 Å². The van der Waals surface area contributed by atoms with Gasteiger partial charge in [0.1, 0.15) is 11.8 Å². The number of aliphatic hydroxyl groups excluding tert-OH is 1. The molecule has 0 aliphatic rings. The minimum atomic E-state index is -0.164. The Kier molecular flexibility index (Phi) is 4.16. The normalized spacial score (nSPS) is 10.8. The van der Waals surface area contributed by atoms with E-state index in [0.717, 1.165) is 10.9 Å². The lowest BCUT2D eigenvalue weighted by atomic mass is 10.1. The monoisotopic (exact) mass is 296 g/mol. The van der Waals surface area contributed by atoms with E-state index < -0.39 is 0 Å². The van der Waals surface area contributed by atoms with Gasteiger partial charge >= 0.3 is 0 Å². The van der Waals surface area contributed by atoms with E-state index in [4.69, 9.17) is 4.42 Å². The number of nitrogens with zero attached hydrogens (tertiary/aromatic N) is 2. The van der Waals surface area contributed by atoms with Gasteiger partial charge in [0, 0.05) is 30.9 Å². The number of amides is 1. The van der Waals surface area contributed by atoms with Crippen LogP contribution in [0.25, 0.3) is 11.0 Å². The van der Waals surface area contributed by atoms with Gasteiger partial charge in [0.2, 0.25) is 0 Å². The van der Waals surface area contributed by atoms with Crippen LogP contribution in [0, 0.1) is 0 Å². The Morgan fingerprint density at radius 1 is 1.23 bits per heavy atom. The molecule has 2 aromatic heterocycles. The summed E-state index contributed by atoms with van der Waals surface area (Å²) in [7, 11) is 0. The van der Waals surface area contributed by atoms with Crippen molar-refractivity contribution in [3.63, 3.8) is 0 Å². The van der Waals surface area contributed by atoms with Gasteiger partial charge in [-0.2, -0.15) is 0 Å². The van der Waals surface area contributed by atoms with Crippen molar-refractivity contribution in [3.05, 3.63) is 66.2 Å². The summed E-state index contributed by atoms with van der Waals surface area (Å²) in [6.45, 7) is 0.557. The van der Waals surface area contributed by atoms with Crippen LogP contribution in [0.2, 0.25) is 0 Å². The zero-order valence-corrected chi connectivity index (χ0v) is 12.0. The Morgan fingerprint density at radius 2 is 2.09 bits per heavy atom. The molecule has 0 saturated heterocycles. The van der Waals surface area contributed by atoms with E-state index in [1.165, 1.54) is 6.26 Å². The molecule has 0 aliphatic heterocycles. The first kappa shape index (κ1) is 14.3. The molecule has 0 fully saturated rings. The number of benzene rings is 1. The van der Waals surface area contributed by atoms with Crippen molar-refractivity contribution in [2.45, 2.75) is 6.54 Å². The van der Waals surface area contributed by atoms with Crippen molar-refractivity contribution in [2.75, 3.05) is 13.2 Å². The van der Waals surface area contributed by atoms with E-state index in [1.807, 2.05) is 36.4 Å². The summed E-state index contributed by atoms with van der Waals surface area (Å²) in [5.74, 6) is -0.164. The fraction of sp³-hybridized carbons (Fsp3) is 0.176. The predicted octanol–water partition coefficient (Wildman–Crippen LogP) is 2.46. The van der Waals surface area contributed by atoms with E-state index in [0.29, 0.717) is 17.7 Å². The zero-order valence-electron chi connectivity index (χ0n) is 12.0. The number of hydrogen-bond acceptors (Lipinski definition) is 4. The SMILES string of the molecule is O=C(c1coc2ccccc12)N(CCO)Cc1cccnc1. The summed E-state index contributed by atoms with van der Waals surface area (Å²) in [4.78, 5) is 18.4. The molecule has 5 nitrogen and oxygen atoms in total. The first-order valence-electron chi connectivity index (χ1n) is 7.05. The van der Waals surface area contributed by atoms with E-state index in [9.17, 15) is 9.90 Å². The lowest BCUT2D eigenvalue weighted by Crippen LogP contribution is -2.33. The van der Waals surface area contributed by atoms with Crippen molar-refractivity contribution in [2.24, 2.45) is 0 Å². The van der Waals surface area contributed by atoms with Crippen LogP contribution in [-0.2, 0) is 6.54 Å². The number of carbonyl (C=O) groups is 1. The van der Waals surface area contributed by atoms with Crippen LogP contribution in [-0.4, -0.2) is 34.0 Å². The summed E-state index contributed by atoms with van der Waals surface area (Å²) in [6.07, 6.45) is 4.87. The predicted molar refractivity (Wildman–Crippen MR) is 82.3 cm³/mol. The highest BCUT2D eigenvalue weighted by atomic mass is 16.3. The summed E-state index contributed by atoms with van der Waals surface area (Å²) in [5.41, 5.74) is 2.10. The molecule has 0 radical (unpaired) electrons. The number of aromatic nitrogens is 1. The number of carbonyl (C=O) groups excluding carboxylic acids is 1. The van der Waals surface area contributed by atoms with Gasteiger partial charge < -0.3 is 14.4 Å². The van der Waals surface area contributed by atoms with Crippen LogP contribution in [0.5, 0.6) is 0 Å². The minimum Gasteiger partial charge on any atom is -0.463 e. The van der Waals surface area contributed by atoms with Gasteiger partial charge in [-0.15, -0.1) is 0 Å². The van der Waals surface area contributed by atoms with E-state index in [-0.39, 0.29) is 19.1 Å². The average molecular weight is 296 g/mol. The molecule has 0 saturated carbocycles. The Morgan fingerprint density at radius 3 is 2.86 bits per heavy atom. The molecular weight excluding hydrogens is 280 g/mol. The van der Waals surface area contributed by atoms with Gasteiger partial charge in [0.05, 0.1) is 12.2 Å². The van der Waals surface area contributed by atoms with Crippen LogP contribution in [0.3, 0.4) is 0 Å². The number of furan rings is 1. The molecule has 1 aromatic carbocycles. The number of fused-ring (bicyclic) bond motifs is 1. The summed E-state index contributed by atoms with van der Waals surface area (Å²) < 4.78 is 5.43. The lowest BCUT2D eigenvalue weighted by Gasteiger charge is -2.21. The van der Waals surface area contributed by atoms with Gasteiger partial charge in [0.15, 0.2) is 0 Å². The first-order chi connectivity index (χ1) is 10.8. The third-order valence-corrected chi connectivity index (χ3v) is 3.46. The number of aliphatic hydroxyl groups is 1. The highest BCUT2D eigenvalue weighted by molar-refractivity contribution is 6.05. The largest absolute Gasteiger partial charge is 0.463 e. The van der Waals surface area contributed by atoms with Crippen molar-refractivity contribution >= 4 is 16.9 Å². The molecule has 3 aromatic rings. The molecule has 0 unspecified atom stereocenters. The zero-order chi connectivity index (χ0) is 15.4. The van der Waals surface area contributed by atoms with Gasteiger partial charge in [-0.05, 0) is 17.7 Å². The second kappa shape index (κ2) is 6.41. The Hall–Kier alpha value is -2.66. The molecule has 22 heavy (non-hydrogen) atoms. The summed E-state index contributed by atoms with van der Waals surface area (Å²) in [5, 5.41) is 10.0. The Balaban J connectivity index is 1.89. The molecule has 3 rings (SSSR count). The van der Waals surface area contributed by atoms with Gasteiger partial charge in [-0.25, -0.2) is 0 Å². The summed E-state index contributed by atoms with van der Waals surface area (Å²) >= 11 is 0. The quantitative estimate of drug-likeness (QED) is 0.785. The van der Waals surface area contributed by atoms with E-state index >= 15 is 0 Å². The van der Waals surface area contributed by atoms with Crippen LogP contribution < -0.4 is 0 Å². The molecule has 1 N–H and O–H groups in total. The smallest absolute Gasteiger partial charge is 0.258 e. The molecule has 0 atom stereocenters. The van der Waals surface area contributed by atoms with Crippen LogP contribution in [0.15, 0.2) is 59.5 Å². The third-order valence-electron chi connectivity index (χ3n) is 3.46. The molecule has 0 aliphatic carbocycles. The second-order valence-corrected chi connectivity index (χ2v) is 4.96. The van der Waals surface area contributed by atoms with Crippen LogP contribution in [0.1, 0.15) is 15.9 Å². The molecular formula is C17H16N2O3. The number of rotatable bonds is 5. The maximum absolute atomic E-state index is 12.7. The highest BCUT2D eigenvalue weighted by Crippen LogP contribution is 2.22. The average Bonchev–Trinajstić information content (AvgIpc) is 2.99. The molecule has 5 heteroatoms. The highest BCUT2D eigenvalue weighted by Gasteiger charge is 2.20. The number of para-hydroxylation sites is 1. The molecule has 0 spiro atoms. The van der Waals surface area contributed by atoms with Gasteiger partial charge in [-0.3, -0.25) is 9.78 Å². The molecule has 112 valence electrons. The Bertz CT molecular complexity index is 768. The third kappa shape index (κ3) is 2.84. The number of pyridine rings is 1. The standard InChI is InChI=1S/C17H16N2O3/c20-9-8-19(11-13-4-3-7-18-10-13)17(21)15-12-22-16-6-2-1-5-14(15)16/h1-7,10,12,20H,8-9,11H2. The first-order valence-corrected chi connectivity index (χ1v) is 7.05. The topological polar surface area (TPSA) is 66.6 Å².